The number of sulfonamides is 1. The summed E-state index contributed by atoms with van der Waals surface area (Å²) in [7, 11) is -2.43. The van der Waals surface area contributed by atoms with Crippen molar-refractivity contribution in [3.05, 3.63) is 54.1 Å². The molecular formula is C22H25N3O5S. The topological polar surface area (TPSA) is 96.0 Å². The van der Waals surface area contributed by atoms with Crippen LogP contribution in [-0.4, -0.2) is 50.4 Å². The maximum atomic E-state index is 13.4. The second-order valence-corrected chi connectivity index (χ2v) is 9.89. The molecule has 2 saturated heterocycles. The quantitative estimate of drug-likeness (QED) is 0.767. The van der Waals surface area contributed by atoms with E-state index in [2.05, 4.69) is 19.2 Å². The van der Waals surface area contributed by atoms with Crippen LogP contribution in [0.25, 0.3) is 0 Å². The lowest BCUT2D eigenvalue weighted by atomic mass is 10.0. The Bertz CT molecular complexity index is 1100. The van der Waals surface area contributed by atoms with Crippen molar-refractivity contribution in [2.45, 2.75) is 43.2 Å². The molecule has 8 nitrogen and oxygen atoms in total. The number of hydrogen-bond donors (Lipinski definition) is 1. The fourth-order valence-electron chi connectivity index (χ4n) is 4.07. The van der Waals surface area contributed by atoms with Gasteiger partial charge in [-0.2, -0.15) is 4.31 Å². The number of benzene rings is 2. The average molecular weight is 444 g/mol. The van der Waals surface area contributed by atoms with Crippen LogP contribution in [0.4, 0.5) is 10.5 Å². The molecule has 2 aliphatic heterocycles. The molecule has 0 unspecified atom stereocenters. The highest BCUT2D eigenvalue weighted by atomic mass is 32.2. The molecule has 9 heteroatoms. The third-order valence-corrected chi connectivity index (χ3v) is 7.72. The molecule has 1 N–H and O–H groups in total. The SMILES string of the molecule is COc1ccc(S(=O)(=O)N2CC[C@H]3NC(=O)N(c4ccc(C(C)C)cc4)C(=O)[C@@H]32)cc1. The summed E-state index contributed by atoms with van der Waals surface area (Å²) in [6, 6.07) is 11.1. The number of fused-ring (bicyclic) bond motifs is 1. The lowest BCUT2D eigenvalue weighted by Crippen LogP contribution is -2.64. The fourth-order valence-corrected chi connectivity index (χ4v) is 5.70. The number of rotatable bonds is 5. The van der Waals surface area contributed by atoms with Gasteiger partial charge in [0, 0.05) is 6.54 Å². The molecule has 0 aliphatic carbocycles. The van der Waals surface area contributed by atoms with Crippen LogP contribution in [0.3, 0.4) is 0 Å². The van der Waals surface area contributed by atoms with Gasteiger partial charge >= 0.3 is 6.03 Å². The lowest BCUT2D eigenvalue weighted by Gasteiger charge is -2.36. The number of methoxy groups -OCH3 is 1. The molecule has 31 heavy (non-hydrogen) atoms. The molecular weight excluding hydrogens is 418 g/mol. The van der Waals surface area contributed by atoms with Gasteiger partial charge in [0.2, 0.25) is 10.0 Å². The van der Waals surface area contributed by atoms with E-state index in [1.807, 2.05) is 12.1 Å². The number of hydrogen-bond acceptors (Lipinski definition) is 5. The summed E-state index contributed by atoms with van der Waals surface area (Å²) in [6.45, 7) is 4.26. The molecule has 2 aromatic rings. The van der Waals surface area contributed by atoms with Crippen LogP contribution in [-0.2, 0) is 14.8 Å². The van der Waals surface area contributed by atoms with Crippen LogP contribution in [0.1, 0.15) is 31.7 Å². The third kappa shape index (κ3) is 3.68. The van der Waals surface area contributed by atoms with Gasteiger partial charge in [-0.3, -0.25) is 4.79 Å². The minimum atomic E-state index is -3.93. The Morgan fingerprint density at radius 3 is 2.26 bits per heavy atom. The summed E-state index contributed by atoms with van der Waals surface area (Å²) in [5, 5.41) is 2.81. The normalized spacial score (nSPS) is 21.9. The lowest BCUT2D eigenvalue weighted by molar-refractivity contribution is -0.122. The van der Waals surface area contributed by atoms with Crippen molar-refractivity contribution in [3.63, 3.8) is 0 Å². The van der Waals surface area contributed by atoms with Gasteiger partial charge in [0.05, 0.1) is 23.7 Å². The molecule has 2 fully saturated rings. The molecule has 0 spiro atoms. The second-order valence-electron chi connectivity index (χ2n) is 8.00. The van der Waals surface area contributed by atoms with Crippen molar-refractivity contribution in [3.8, 4) is 5.75 Å². The van der Waals surface area contributed by atoms with Gasteiger partial charge in [-0.25, -0.2) is 18.1 Å². The Hall–Kier alpha value is -2.91. The molecule has 3 amide bonds. The van der Waals surface area contributed by atoms with Crippen molar-refractivity contribution >= 4 is 27.6 Å². The summed E-state index contributed by atoms with van der Waals surface area (Å²) in [5.41, 5.74) is 1.50. The van der Waals surface area contributed by atoms with Crippen molar-refractivity contribution in [1.29, 1.82) is 0 Å². The van der Waals surface area contributed by atoms with Gasteiger partial charge in [-0.15, -0.1) is 0 Å². The van der Waals surface area contributed by atoms with E-state index >= 15 is 0 Å². The number of imide groups is 1. The zero-order chi connectivity index (χ0) is 22.3. The highest BCUT2D eigenvalue weighted by molar-refractivity contribution is 7.89. The number of anilines is 1. The average Bonchev–Trinajstić information content (AvgIpc) is 3.19. The van der Waals surface area contributed by atoms with Gasteiger partial charge in [0.15, 0.2) is 0 Å². The van der Waals surface area contributed by atoms with Gasteiger partial charge in [-0.1, -0.05) is 26.0 Å². The van der Waals surface area contributed by atoms with E-state index in [4.69, 9.17) is 4.74 Å². The summed E-state index contributed by atoms with van der Waals surface area (Å²) in [6.07, 6.45) is 0.373. The number of amides is 3. The van der Waals surface area contributed by atoms with Gasteiger partial charge in [0.1, 0.15) is 11.8 Å². The van der Waals surface area contributed by atoms with E-state index in [0.29, 0.717) is 23.8 Å². The molecule has 0 saturated carbocycles. The highest BCUT2D eigenvalue weighted by Gasteiger charge is 2.52. The molecule has 164 valence electrons. The smallest absolute Gasteiger partial charge is 0.329 e. The van der Waals surface area contributed by atoms with Crippen molar-refractivity contribution in [2.75, 3.05) is 18.6 Å². The molecule has 0 bridgehead atoms. The standard InChI is InChI=1S/C22H25N3O5S/c1-14(2)15-4-6-16(7-5-15)25-21(26)20-19(23-22(25)27)12-13-24(20)31(28,29)18-10-8-17(30-3)9-11-18/h4-11,14,19-20H,12-13H2,1-3H3,(H,23,27)/t19-,20-/m1/s1. The molecule has 2 heterocycles. The Kier molecular flexibility index (Phi) is 5.49. The minimum absolute atomic E-state index is 0.0755. The van der Waals surface area contributed by atoms with E-state index in [1.54, 1.807) is 24.3 Å². The van der Waals surface area contributed by atoms with E-state index in [1.165, 1.54) is 23.5 Å². The zero-order valence-corrected chi connectivity index (χ0v) is 18.4. The van der Waals surface area contributed by atoms with E-state index in [-0.39, 0.29) is 11.4 Å². The summed E-state index contributed by atoms with van der Waals surface area (Å²) in [5.74, 6) is 0.306. The second kappa shape index (κ2) is 7.97. The number of carbonyl (C=O) groups excluding carboxylic acids is 2. The van der Waals surface area contributed by atoms with E-state index in [0.717, 1.165) is 10.5 Å². The highest BCUT2D eigenvalue weighted by Crippen LogP contribution is 2.32. The number of carbonyl (C=O) groups is 2. The Labute approximate surface area is 181 Å². The van der Waals surface area contributed by atoms with Gasteiger partial charge in [-0.05, 0) is 54.3 Å². The molecule has 2 atom stereocenters. The first-order valence-electron chi connectivity index (χ1n) is 10.1. The van der Waals surface area contributed by atoms with Crippen LogP contribution in [0.15, 0.2) is 53.4 Å². The molecule has 0 radical (unpaired) electrons. The molecule has 0 aromatic heterocycles. The van der Waals surface area contributed by atoms with E-state index < -0.39 is 34.0 Å². The number of urea groups is 1. The summed E-state index contributed by atoms with van der Waals surface area (Å²) < 4.78 is 32.8. The Morgan fingerprint density at radius 2 is 1.68 bits per heavy atom. The van der Waals surface area contributed by atoms with Crippen LogP contribution >= 0.6 is 0 Å². The maximum absolute atomic E-state index is 13.4. The van der Waals surface area contributed by atoms with Crippen molar-refractivity contribution in [2.24, 2.45) is 0 Å². The Balaban J connectivity index is 1.65. The van der Waals surface area contributed by atoms with Gasteiger partial charge in [0.25, 0.3) is 5.91 Å². The summed E-state index contributed by atoms with van der Waals surface area (Å²) >= 11 is 0. The monoisotopic (exact) mass is 443 g/mol. The molecule has 2 aromatic carbocycles. The summed E-state index contributed by atoms with van der Waals surface area (Å²) in [4.78, 5) is 27.2. The maximum Gasteiger partial charge on any atom is 0.329 e. The largest absolute Gasteiger partial charge is 0.497 e. The first-order chi connectivity index (χ1) is 14.7. The van der Waals surface area contributed by atoms with Crippen LogP contribution < -0.4 is 15.0 Å². The van der Waals surface area contributed by atoms with Gasteiger partial charge < -0.3 is 10.1 Å². The first kappa shape index (κ1) is 21.3. The van der Waals surface area contributed by atoms with Crippen molar-refractivity contribution < 1.29 is 22.7 Å². The van der Waals surface area contributed by atoms with Crippen molar-refractivity contribution in [1.82, 2.24) is 9.62 Å². The number of ether oxygens (including phenoxy) is 1. The van der Waals surface area contributed by atoms with Crippen LogP contribution in [0, 0.1) is 0 Å². The number of nitrogens with zero attached hydrogens (tertiary/aromatic N) is 2. The predicted octanol–water partition coefficient (Wildman–Crippen LogP) is 2.71. The number of nitrogens with one attached hydrogen (secondary N) is 1. The molecule has 4 rings (SSSR count). The third-order valence-electron chi connectivity index (χ3n) is 5.82. The fraction of sp³-hybridized carbons (Fsp3) is 0.364. The van der Waals surface area contributed by atoms with Crippen LogP contribution in [0.5, 0.6) is 5.75 Å². The minimum Gasteiger partial charge on any atom is -0.497 e. The zero-order valence-electron chi connectivity index (χ0n) is 17.6. The predicted molar refractivity (Wildman–Crippen MR) is 116 cm³/mol. The molecule has 2 aliphatic rings. The Morgan fingerprint density at radius 1 is 1.03 bits per heavy atom. The first-order valence-corrected chi connectivity index (χ1v) is 11.6. The van der Waals surface area contributed by atoms with E-state index in [9.17, 15) is 18.0 Å². The van der Waals surface area contributed by atoms with Crippen LogP contribution in [0.2, 0.25) is 0 Å².